The lowest BCUT2D eigenvalue weighted by atomic mass is 9.84. The number of piperidine rings is 1. The van der Waals surface area contributed by atoms with Gasteiger partial charge in [0.1, 0.15) is 0 Å². The second-order valence-electron chi connectivity index (χ2n) is 7.24. The molecule has 20 heavy (non-hydrogen) atoms. The summed E-state index contributed by atoms with van der Waals surface area (Å²) in [6.07, 6.45) is 8.89. The van der Waals surface area contributed by atoms with Gasteiger partial charge in [-0.1, -0.05) is 44.2 Å². The number of hydrogen-bond donors (Lipinski definition) is 0. The largest absolute Gasteiger partial charge is 0.303 e. The minimum Gasteiger partial charge on any atom is -0.303 e. The van der Waals surface area contributed by atoms with E-state index >= 15 is 0 Å². The summed E-state index contributed by atoms with van der Waals surface area (Å²) in [5.41, 5.74) is 5.13. The molecule has 2 aliphatic rings. The SMILES string of the molecule is CC1(C)CCCN(CCCC2=CCc3ccccc32)C1. The molecule has 1 fully saturated rings. The molecule has 1 saturated heterocycles. The molecule has 1 aliphatic heterocycles. The summed E-state index contributed by atoms with van der Waals surface area (Å²) in [5.74, 6) is 0. The molecular weight excluding hydrogens is 242 g/mol. The van der Waals surface area contributed by atoms with E-state index in [9.17, 15) is 0 Å². The van der Waals surface area contributed by atoms with Gasteiger partial charge in [0.15, 0.2) is 0 Å². The zero-order valence-corrected chi connectivity index (χ0v) is 13.0. The highest BCUT2D eigenvalue weighted by Gasteiger charge is 2.25. The fraction of sp³-hybridized carbons (Fsp3) is 0.579. The number of fused-ring (bicyclic) bond motifs is 1. The monoisotopic (exact) mass is 269 g/mol. The van der Waals surface area contributed by atoms with Crippen LogP contribution in [0.25, 0.3) is 5.57 Å². The maximum atomic E-state index is 2.67. The maximum absolute atomic E-state index is 2.67. The molecule has 108 valence electrons. The van der Waals surface area contributed by atoms with Crippen LogP contribution in [0, 0.1) is 5.41 Å². The first-order valence-corrected chi connectivity index (χ1v) is 8.14. The highest BCUT2D eigenvalue weighted by atomic mass is 15.1. The van der Waals surface area contributed by atoms with E-state index in [0.717, 1.165) is 6.42 Å². The summed E-state index contributed by atoms with van der Waals surface area (Å²) in [6.45, 7) is 8.68. The summed E-state index contributed by atoms with van der Waals surface area (Å²) in [7, 11) is 0. The van der Waals surface area contributed by atoms with Crippen molar-refractivity contribution in [1.29, 1.82) is 0 Å². The summed E-state index contributed by atoms with van der Waals surface area (Å²) >= 11 is 0. The Labute approximate surface area is 123 Å². The second-order valence-corrected chi connectivity index (χ2v) is 7.24. The molecular formula is C19H27N. The molecule has 0 aromatic heterocycles. The number of hydrogen-bond acceptors (Lipinski definition) is 1. The van der Waals surface area contributed by atoms with Crippen LogP contribution in [0.3, 0.4) is 0 Å². The van der Waals surface area contributed by atoms with Gasteiger partial charge in [-0.15, -0.1) is 0 Å². The lowest BCUT2D eigenvalue weighted by molar-refractivity contribution is 0.117. The Morgan fingerprint density at radius 2 is 2.05 bits per heavy atom. The van der Waals surface area contributed by atoms with Crippen LogP contribution in [0.4, 0.5) is 0 Å². The Bertz CT molecular complexity index is 498. The smallest absolute Gasteiger partial charge is 0.00327 e. The van der Waals surface area contributed by atoms with Crippen molar-refractivity contribution in [3.05, 3.63) is 41.5 Å². The van der Waals surface area contributed by atoms with Crippen molar-refractivity contribution in [3.8, 4) is 0 Å². The predicted molar refractivity (Wildman–Crippen MR) is 86.8 cm³/mol. The molecule has 0 N–H and O–H groups in total. The van der Waals surface area contributed by atoms with Crippen molar-refractivity contribution < 1.29 is 0 Å². The molecule has 0 radical (unpaired) electrons. The number of allylic oxidation sites excluding steroid dienone is 2. The molecule has 1 heterocycles. The molecule has 0 bridgehead atoms. The minimum atomic E-state index is 0.525. The highest BCUT2D eigenvalue weighted by molar-refractivity contribution is 5.72. The van der Waals surface area contributed by atoms with E-state index in [2.05, 4.69) is 49.1 Å². The Morgan fingerprint density at radius 1 is 1.20 bits per heavy atom. The van der Waals surface area contributed by atoms with Crippen molar-refractivity contribution in [2.75, 3.05) is 19.6 Å². The van der Waals surface area contributed by atoms with Gasteiger partial charge in [-0.05, 0) is 67.3 Å². The fourth-order valence-corrected chi connectivity index (χ4v) is 3.82. The van der Waals surface area contributed by atoms with Crippen LogP contribution in [0.2, 0.25) is 0 Å². The number of benzene rings is 1. The maximum Gasteiger partial charge on any atom is 0.00327 e. The van der Waals surface area contributed by atoms with Gasteiger partial charge in [0.25, 0.3) is 0 Å². The summed E-state index contributed by atoms with van der Waals surface area (Å²) in [6, 6.07) is 8.89. The van der Waals surface area contributed by atoms with Gasteiger partial charge < -0.3 is 4.90 Å². The van der Waals surface area contributed by atoms with Gasteiger partial charge in [0, 0.05) is 6.54 Å². The van der Waals surface area contributed by atoms with Gasteiger partial charge in [0.05, 0.1) is 0 Å². The highest BCUT2D eigenvalue weighted by Crippen LogP contribution is 2.31. The Balaban J connectivity index is 1.49. The van der Waals surface area contributed by atoms with E-state index < -0.39 is 0 Å². The van der Waals surface area contributed by atoms with Gasteiger partial charge in [-0.25, -0.2) is 0 Å². The molecule has 0 amide bonds. The quantitative estimate of drug-likeness (QED) is 0.776. The molecule has 1 aromatic rings. The van der Waals surface area contributed by atoms with Gasteiger partial charge >= 0.3 is 0 Å². The molecule has 1 aromatic carbocycles. The molecule has 1 nitrogen and oxygen atoms in total. The minimum absolute atomic E-state index is 0.525. The summed E-state index contributed by atoms with van der Waals surface area (Å²) in [5, 5.41) is 0. The second kappa shape index (κ2) is 5.73. The Morgan fingerprint density at radius 3 is 2.90 bits per heavy atom. The van der Waals surface area contributed by atoms with Crippen molar-refractivity contribution in [2.45, 2.75) is 46.0 Å². The topological polar surface area (TPSA) is 3.24 Å². The molecule has 0 spiro atoms. The number of nitrogens with zero attached hydrogens (tertiary/aromatic N) is 1. The van der Waals surface area contributed by atoms with Crippen LogP contribution in [-0.4, -0.2) is 24.5 Å². The van der Waals surface area contributed by atoms with Crippen LogP contribution >= 0.6 is 0 Å². The van der Waals surface area contributed by atoms with Crippen LogP contribution in [-0.2, 0) is 6.42 Å². The summed E-state index contributed by atoms with van der Waals surface area (Å²) < 4.78 is 0. The average molecular weight is 269 g/mol. The van der Waals surface area contributed by atoms with Gasteiger partial charge in [-0.2, -0.15) is 0 Å². The van der Waals surface area contributed by atoms with E-state index in [1.165, 1.54) is 56.4 Å². The summed E-state index contributed by atoms with van der Waals surface area (Å²) in [4.78, 5) is 2.67. The van der Waals surface area contributed by atoms with E-state index in [4.69, 9.17) is 0 Å². The van der Waals surface area contributed by atoms with Crippen LogP contribution < -0.4 is 0 Å². The van der Waals surface area contributed by atoms with Crippen molar-refractivity contribution in [2.24, 2.45) is 5.41 Å². The molecule has 0 unspecified atom stereocenters. The third kappa shape index (κ3) is 3.15. The Kier molecular flexibility index (Phi) is 3.98. The van der Waals surface area contributed by atoms with Crippen molar-refractivity contribution >= 4 is 5.57 Å². The normalized spacial score (nSPS) is 21.6. The van der Waals surface area contributed by atoms with Crippen LogP contribution in [0.5, 0.6) is 0 Å². The van der Waals surface area contributed by atoms with E-state index in [-0.39, 0.29) is 0 Å². The lowest BCUT2D eigenvalue weighted by Crippen LogP contribution is -2.40. The van der Waals surface area contributed by atoms with E-state index in [1.54, 1.807) is 5.57 Å². The third-order valence-electron chi connectivity index (χ3n) is 4.83. The van der Waals surface area contributed by atoms with Crippen molar-refractivity contribution in [1.82, 2.24) is 4.90 Å². The van der Waals surface area contributed by atoms with Gasteiger partial charge in [-0.3, -0.25) is 0 Å². The van der Waals surface area contributed by atoms with Gasteiger partial charge in [0.2, 0.25) is 0 Å². The Hall–Kier alpha value is -1.08. The third-order valence-corrected chi connectivity index (χ3v) is 4.83. The standard InChI is InChI=1S/C19H27N/c1-19(2)12-6-14-20(15-19)13-5-8-17-11-10-16-7-3-4-9-18(16)17/h3-4,7,9,11H,5-6,8,10,12-15H2,1-2H3. The first kappa shape index (κ1) is 13.9. The zero-order chi connectivity index (χ0) is 14.0. The number of likely N-dealkylation sites (tertiary alicyclic amines) is 1. The average Bonchev–Trinajstić information content (AvgIpc) is 2.81. The lowest BCUT2D eigenvalue weighted by Gasteiger charge is -2.38. The van der Waals surface area contributed by atoms with E-state index in [0.29, 0.717) is 5.41 Å². The number of rotatable bonds is 4. The molecule has 0 saturated carbocycles. The molecule has 0 atom stereocenters. The van der Waals surface area contributed by atoms with Crippen molar-refractivity contribution in [3.63, 3.8) is 0 Å². The predicted octanol–water partition coefficient (Wildman–Crippen LogP) is 4.53. The zero-order valence-electron chi connectivity index (χ0n) is 13.0. The molecule has 1 heteroatoms. The molecule has 1 aliphatic carbocycles. The first-order chi connectivity index (χ1) is 9.64. The van der Waals surface area contributed by atoms with Crippen LogP contribution in [0.15, 0.2) is 30.3 Å². The fourth-order valence-electron chi connectivity index (χ4n) is 3.82. The van der Waals surface area contributed by atoms with Crippen LogP contribution in [0.1, 0.15) is 50.7 Å². The molecule has 3 rings (SSSR count). The van der Waals surface area contributed by atoms with E-state index in [1.807, 2.05) is 0 Å². The first-order valence-electron chi connectivity index (χ1n) is 8.14.